The van der Waals surface area contributed by atoms with Gasteiger partial charge in [-0.1, -0.05) is 50.2 Å². The van der Waals surface area contributed by atoms with Crippen molar-refractivity contribution in [3.05, 3.63) is 95.9 Å². The Morgan fingerprint density at radius 2 is 1.77 bits per heavy atom. The normalized spacial score (nSPS) is 14.5. The highest BCUT2D eigenvalue weighted by Crippen LogP contribution is 2.38. The molecule has 1 amide bonds. The fraction of sp³-hybridized carbons (Fsp3) is 0.242. The van der Waals surface area contributed by atoms with Crippen molar-refractivity contribution in [1.29, 1.82) is 0 Å². The van der Waals surface area contributed by atoms with E-state index >= 15 is 0 Å². The van der Waals surface area contributed by atoms with Gasteiger partial charge in [0.15, 0.2) is 5.69 Å². The Morgan fingerprint density at radius 1 is 1.02 bits per heavy atom. The van der Waals surface area contributed by atoms with Gasteiger partial charge in [0.05, 0.1) is 10.6 Å². The molecular weight excluding hydrogens is 631 g/mol. The molecule has 6 rings (SSSR count). The van der Waals surface area contributed by atoms with E-state index in [0.29, 0.717) is 46.9 Å². The van der Waals surface area contributed by atoms with E-state index in [1.54, 1.807) is 48.5 Å². The number of amides is 1. The van der Waals surface area contributed by atoms with Crippen LogP contribution < -0.4 is 11.1 Å². The molecule has 10 nitrogen and oxygen atoms in total. The lowest BCUT2D eigenvalue weighted by Gasteiger charge is -2.22. The number of alkyl halides is 3. The first-order valence-electron chi connectivity index (χ1n) is 15.0. The van der Waals surface area contributed by atoms with Gasteiger partial charge in [0.2, 0.25) is 10.0 Å². The second-order valence-corrected chi connectivity index (χ2v) is 13.0. The van der Waals surface area contributed by atoms with Gasteiger partial charge in [0.1, 0.15) is 11.5 Å². The summed E-state index contributed by atoms with van der Waals surface area (Å²) in [6, 6.07) is 18.9. The molecule has 0 unspecified atom stereocenters. The van der Waals surface area contributed by atoms with Crippen molar-refractivity contribution < 1.29 is 26.4 Å². The second kappa shape index (κ2) is 12.4. The number of aromatic nitrogens is 3. The Balaban J connectivity index is 1.27. The first-order valence-corrected chi connectivity index (χ1v) is 16.4. The predicted octanol–water partition coefficient (Wildman–Crippen LogP) is 5.79. The number of nitrogens with one attached hydrogen (secondary N) is 1. The summed E-state index contributed by atoms with van der Waals surface area (Å²) in [4.78, 5) is 19.8. The van der Waals surface area contributed by atoms with Crippen LogP contribution in [0.25, 0.3) is 27.6 Å². The van der Waals surface area contributed by atoms with Crippen molar-refractivity contribution in [1.82, 2.24) is 24.0 Å². The fourth-order valence-corrected chi connectivity index (χ4v) is 7.57. The zero-order valence-electron chi connectivity index (χ0n) is 25.6. The van der Waals surface area contributed by atoms with Crippen LogP contribution in [0.4, 0.5) is 24.7 Å². The van der Waals surface area contributed by atoms with Crippen LogP contribution in [0.1, 0.15) is 35.6 Å². The third kappa shape index (κ3) is 6.19. The zero-order chi connectivity index (χ0) is 33.5. The Morgan fingerprint density at radius 3 is 2.47 bits per heavy atom. The summed E-state index contributed by atoms with van der Waals surface area (Å²) in [5.74, 6) is -0.644. The van der Waals surface area contributed by atoms with Crippen molar-refractivity contribution in [3.63, 3.8) is 0 Å². The van der Waals surface area contributed by atoms with Gasteiger partial charge in [-0.05, 0) is 59.9 Å². The maximum absolute atomic E-state index is 13.7. The van der Waals surface area contributed by atoms with Crippen LogP contribution in [0.5, 0.6) is 0 Å². The van der Waals surface area contributed by atoms with Crippen LogP contribution in [0.15, 0.2) is 83.9 Å². The molecule has 0 saturated carbocycles. The predicted molar refractivity (Wildman–Crippen MR) is 173 cm³/mol. The number of hydrogen-bond acceptors (Lipinski definition) is 7. The average molecular weight is 664 g/mol. The highest BCUT2D eigenvalue weighted by Gasteiger charge is 2.38. The van der Waals surface area contributed by atoms with Crippen molar-refractivity contribution in [2.45, 2.75) is 31.5 Å². The van der Waals surface area contributed by atoms with Gasteiger partial charge in [-0.2, -0.15) is 22.6 Å². The molecule has 0 aliphatic carbocycles. The lowest BCUT2D eigenvalue weighted by Crippen LogP contribution is -2.35. The number of nitrogens with zero attached hydrogens (tertiary/aromatic N) is 5. The zero-order valence-corrected chi connectivity index (χ0v) is 26.4. The Hall–Kier alpha value is -4.79. The highest BCUT2D eigenvalue weighted by molar-refractivity contribution is 7.89. The maximum atomic E-state index is 13.7. The van der Waals surface area contributed by atoms with Crippen LogP contribution >= 0.6 is 0 Å². The van der Waals surface area contributed by atoms with Crippen molar-refractivity contribution >= 4 is 38.2 Å². The highest BCUT2D eigenvalue weighted by atomic mass is 32.2. The third-order valence-electron chi connectivity index (χ3n) is 8.31. The number of halogens is 3. The van der Waals surface area contributed by atoms with Gasteiger partial charge in [-0.25, -0.2) is 18.1 Å². The van der Waals surface area contributed by atoms with Crippen molar-refractivity contribution in [3.8, 4) is 16.8 Å². The molecule has 0 saturated heterocycles. The number of hydrogen-bond donors (Lipinski definition) is 2. The lowest BCUT2D eigenvalue weighted by atomic mass is 10.0. The molecule has 0 radical (unpaired) electrons. The van der Waals surface area contributed by atoms with Gasteiger partial charge in [-0.15, -0.1) is 0 Å². The topological polar surface area (TPSA) is 126 Å². The molecule has 1 aliphatic rings. The van der Waals surface area contributed by atoms with E-state index in [0.717, 1.165) is 23.2 Å². The monoisotopic (exact) mass is 663 g/mol. The summed E-state index contributed by atoms with van der Waals surface area (Å²) < 4.78 is 70.7. The number of sulfonamides is 1. The summed E-state index contributed by atoms with van der Waals surface area (Å²) in [7, 11) is -3.74. The Bertz CT molecular complexity index is 2080. The molecule has 0 fully saturated rings. The number of fused-ring (bicyclic) bond motifs is 2. The molecule has 244 valence electrons. The molecule has 0 bridgehead atoms. The number of nitrogen functional groups attached to an aromatic ring is 1. The van der Waals surface area contributed by atoms with Crippen LogP contribution in [0, 0.1) is 0 Å². The molecule has 3 N–H and O–H groups in total. The van der Waals surface area contributed by atoms with Crippen molar-refractivity contribution in [2.24, 2.45) is 0 Å². The summed E-state index contributed by atoms with van der Waals surface area (Å²) in [5.41, 5.74) is 6.74. The van der Waals surface area contributed by atoms with Crippen LogP contribution in [0.3, 0.4) is 0 Å². The second-order valence-electron chi connectivity index (χ2n) is 11.1. The Kier molecular flexibility index (Phi) is 8.51. The largest absolute Gasteiger partial charge is 0.435 e. The molecule has 14 heteroatoms. The number of pyridine rings is 1. The van der Waals surface area contributed by atoms with E-state index in [9.17, 15) is 26.4 Å². The summed E-state index contributed by atoms with van der Waals surface area (Å²) in [6.45, 7) is 7.01. The van der Waals surface area contributed by atoms with Gasteiger partial charge < -0.3 is 16.0 Å². The lowest BCUT2D eigenvalue weighted by molar-refractivity contribution is -0.141. The molecule has 0 atom stereocenters. The van der Waals surface area contributed by atoms with Crippen LogP contribution in [-0.2, 0) is 22.7 Å². The SMILES string of the molecule is CCN(CC)CCN1Cc2cccc(-c3ccc(NC(=O)c4cc(C(F)(F)F)nn4-c4ccc5ccnc(N)c5c4)cc3)c2S1(=O)=O. The number of carbonyl (C=O) groups excluding carboxylic acids is 1. The first-order chi connectivity index (χ1) is 22.4. The van der Waals surface area contributed by atoms with Gasteiger partial charge in [0, 0.05) is 48.5 Å². The Labute approximate surface area is 269 Å². The third-order valence-corrected chi connectivity index (χ3v) is 10.3. The molecule has 3 aromatic carbocycles. The molecule has 2 aromatic heterocycles. The molecule has 47 heavy (non-hydrogen) atoms. The summed E-state index contributed by atoms with van der Waals surface area (Å²) >= 11 is 0. The summed E-state index contributed by atoms with van der Waals surface area (Å²) in [6.07, 6.45) is -3.28. The minimum absolute atomic E-state index is 0.183. The minimum atomic E-state index is -4.80. The number of anilines is 2. The maximum Gasteiger partial charge on any atom is 0.435 e. The van der Waals surface area contributed by atoms with Crippen molar-refractivity contribution in [2.75, 3.05) is 37.2 Å². The first kappa shape index (κ1) is 32.2. The molecular formula is C33H32F3N7O3S. The van der Waals surface area contributed by atoms with E-state index in [1.807, 2.05) is 19.9 Å². The standard InChI is InChI=1S/C33H32F3N7O3S/c1-3-41(4-2)16-17-42-20-23-6-5-7-26(30(23)47(42,45)46)21-8-11-24(12-9-21)39-32(44)28-19-29(33(34,35)36)40-43(28)25-13-10-22-14-15-38-31(37)27(22)18-25/h5-15,18-19H,3-4,16-17,20H2,1-2H3,(H2,37,38)(H,39,44). The number of rotatable bonds is 9. The van der Waals surface area contributed by atoms with E-state index in [-0.39, 0.29) is 28.6 Å². The van der Waals surface area contributed by atoms with Crippen LogP contribution in [0.2, 0.25) is 0 Å². The van der Waals surface area contributed by atoms with E-state index < -0.39 is 27.8 Å². The average Bonchev–Trinajstić information content (AvgIpc) is 3.62. The van der Waals surface area contributed by atoms with Crippen LogP contribution in [-0.4, -0.2) is 64.5 Å². The molecule has 0 spiro atoms. The van der Waals surface area contributed by atoms with E-state index in [1.165, 1.54) is 22.6 Å². The quantitative estimate of drug-likeness (QED) is 0.205. The number of nitrogens with two attached hydrogens (primary N) is 1. The molecule has 3 heterocycles. The van der Waals surface area contributed by atoms with E-state index in [4.69, 9.17) is 5.73 Å². The van der Waals surface area contributed by atoms with E-state index in [2.05, 4.69) is 20.3 Å². The number of likely N-dealkylation sites (N-methyl/N-ethyl adjacent to an activating group) is 1. The smallest absolute Gasteiger partial charge is 0.383 e. The van der Waals surface area contributed by atoms with Gasteiger partial charge in [0.25, 0.3) is 5.91 Å². The number of carbonyl (C=O) groups is 1. The summed E-state index contributed by atoms with van der Waals surface area (Å²) in [5, 5.41) is 7.55. The van der Waals surface area contributed by atoms with Gasteiger partial charge in [-0.3, -0.25) is 4.79 Å². The molecule has 5 aromatic rings. The minimum Gasteiger partial charge on any atom is -0.383 e. The fourth-order valence-electron chi connectivity index (χ4n) is 5.75. The van der Waals surface area contributed by atoms with Gasteiger partial charge >= 0.3 is 6.18 Å². The number of benzene rings is 3. The molecule has 1 aliphatic heterocycles.